The predicted molar refractivity (Wildman–Crippen MR) is 98.5 cm³/mol. The average molecular weight is 350 g/mol. The van der Waals surface area contributed by atoms with Crippen LogP contribution in [0.25, 0.3) is 0 Å². The Morgan fingerprint density at radius 1 is 1.26 bits per heavy atom. The first-order valence-corrected chi connectivity index (χ1v) is 10.2. The van der Waals surface area contributed by atoms with Gasteiger partial charge in [-0.25, -0.2) is 0 Å². The fraction of sp³-hybridized carbons (Fsp3) is 0.444. The van der Waals surface area contributed by atoms with Crippen LogP contribution in [0.2, 0.25) is 0 Å². The van der Waals surface area contributed by atoms with E-state index in [1.54, 1.807) is 0 Å². The highest BCUT2D eigenvalue weighted by atomic mass is 32.2. The molecule has 1 aromatic heterocycles. The number of aryl methyl sites for hydroxylation is 1. The van der Waals surface area contributed by atoms with Crippen LogP contribution in [0.15, 0.2) is 36.4 Å². The first kappa shape index (κ1) is 16.7. The lowest BCUT2D eigenvalue weighted by Gasteiger charge is -2.21. The zero-order chi connectivity index (χ0) is 16.1. The maximum Gasteiger partial charge on any atom is 0.0494 e. The third-order valence-corrected chi connectivity index (χ3v) is 6.87. The van der Waals surface area contributed by atoms with Gasteiger partial charge in [-0.15, -0.1) is 11.3 Å². The largest absolute Gasteiger partial charge is 0.381 e. The third-order valence-electron chi connectivity index (χ3n) is 4.04. The molecule has 3 nitrogen and oxygen atoms in total. The molecule has 0 bridgehead atoms. The second-order valence-electron chi connectivity index (χ2n) is 5.90. The zero-order valence-electron chi connectivity index (χ0n) is 13.4. The molecule has 1 saturated heterocycles. The molecule has 1 aliphatic heterocycles. The summed E-state index contributed by atoms with van der Waals surface area (Å²) in [4.78, 5) is 2.67. The minimum Gasteiger partial charge on any atom is -0.381 e. The molecule has 0 aliphatic carbocycles. The smallest absolute Gasteiger partial charge is 0.0494 e. The van der Waals surface area contributed by atoms with E-state index >= 15 is 0 Å². The summed E-state index contributed by atoms with van der Waals surface area (Å²) in [6.07, 6.45) is 1.84. The number of hydrogen-bond donors (Lipinski definition) is 1. The van der Waals surface area contributed by atoms with Crippen molar-refractivity contribution in [2.24, 2.45) is 0 Å². The van der Waals surface area contributed by atoms with E-state index in [1.807, 2.05) is 17.4 Å². The number of nitrogens with one attached hydrogen (secondary N) is 1. The number of hydrogen-bond acceptors (Lipinski definition) is 4. The van der Waals surface area contributed by atoms with Gasteiger partial charge in [-0.3, -0.25) is 4.21 Å². The van der Waals surface area contributed by atoms with Crippen LogP contribution in [0.3, 0.4) is 0 Å². The van der Waals surface area contributed by atoms with Gasteiger partial charge < -0.3 is 10.1 Å². The Bertz CT molecular complexity index is 663. The van der Waals surface area contributed by atoms with Crippen molar-refractivity contribution in [3.05, 3.63) is 51.7 Å². The molecule has 0 spiro atoms. The Morgan fingerprint density at radius 2 is 2.09 bits per heavy atom. The van der Waals surface area contributed by atoms with Crippen molar-refractivity contribution in [1.29, 1.82) is 0 Å². The van der Waals surface area contributed by atoms with Gasteiger partial charge in [0.05, 0.1) is 0 Å². The SMILES string of the molecule is Cc1ccc(CNc2cccc(C[S@](=O)C3CCOCC3)c2)s1. The van der Waals surface area contributed by atoms with Gasteiger partial charge in [-0.1, -0.05) is 12.1 Å². The predicted octanol–water partition coefficient (Wildman–Crippen LogP) is 4.10. The lowest BCUT2D eigenvalue weighted by molar-refractivity contribution is 0.0992. The fourth-order valence-corrected chi connectivity index (χ4v) is 5.05. The zero-order valence-corrected chi connectivity index (χ0v) is 15.1. The molecule has 0 radical (unpaired) electrons. The molecule has 23 heavy (non-hydrogen) atoms. The molecule has 0 saturated carbocycles. The van der Waals surface area contributed by atoms with Gasteiger partial charge in [-0.2, -0.15) is 0 Å². The summed E-state index contributed by atoms with van der Waals surface area (Å²) in [5.74, 6) is 0.637. The molecule has 0 amide bonds. The molecular weight excluding hydrogens is 326 g/mol. The Hall–Kier alpha value is -1.17. The normalized spacial score (nSPS) is 17.1. The first-order chi connectivity index (χ1) is 11.2. The fourth-order valence-electron chi connectivity index (χ4n) is 2.76. The summed E-state index contributed by atoms with van der Waals surface area (Å²) >= 11 is 1.82. The highest BCUT2D eigenvalue weighted by Gasteiger charge is 2.20. The van der Waals surface area contributed by atoms with E-state index < -0.39 is 10.8 Å². The van der Waals surface area contributed by atoms with Gasteiger partial charge in [0.2, 0.25) is 0 Å². The molecule has 2 aromatic rings. The second-order valence-corrected chi connectivity index (χ2v) is 8.99. The van der Waals surface area contributed by atoms with E-state index in [0.29, 0.717) is 5.75 Å². The topological polar surface area (TPSA) is 38.3 Å². The van der Waals surface area contributed by atoms with Crippen LogP contribution in [0.5, 0.6) is 0 Å². The molecule has 1 aromatic carbocycles. The van der Waals surface area contributed by atoms with Crippen LogP contribution < -0.4 is 5.32 Å². The molecule has 1 atom stereocenters. The highest BCUT2D eigenvalue weighted by molar-refractivity contribution is 7.84. The molecule has 2 heterocycles. The van der Waals surface area contributed by atoms with Crippen molar-refractivity contribution in [3.63, 3.8) is 0 Å². The molecule has 124 valence electrons. The molecule has 0 unspecified atom stereocenters. The summed E-state index contributed by atoms with van der Waals surface area (Å²) < 4.78 is 17.8. The summed E-state index contributed by atoms with van der Waals surface area (Å²) in [7, 11) is -0.808. The van der Waals surface area contributed by atoms with E-state index in [0.717, 1.165) is 43.9 Å². The highest BCUT2D eigenvalue weighted by Crippen LogP contribution is 2.20. The Morgan fingerprint density at radius 3 is 2.83 bits per heavy atom. The molecule has 1 aliphatic rings. The minimum absolute atomic E-state index is 0.287. The summed E-state index contributed by atoms with van der Waals surface area (Å²) in [6, 6.07) is 12.6. The number of benzene rings is 1. The van der Waals surface area contributed by atoms with Gasteiger partial charge in [0.1, 0.15) is 0 Å². The van der Waals surface area contributed by atoms with Crippen LogP contribution >= 0.6 is 11.3 Å². The van der Waals surface area contributed by atoms with Crippen LogP contribution in [0.1, 0.15) is 28.2 Å². The van der Waals surface area contributed by atoms with Crippen molar-refractivity contribution >= 4 is 27.8 Å². The van der Waals surface area contributed by atoms with Crippen molar-refractivity contribution in [1.82, 2.24) is 0 Å². The van der Waals surface area contributed by atoms with Crippen molar-refractivity contribution in [2.75, 3.05) is 18.5 Å². The van der Waals surface area contributed by atoms with Crippen molar-refractivity contribution in [2.45, 2.75) is 37.3 Å². The Kier molecular flexibility index (Phi) is 5.86. The summed E-state index contributed by atoms with van der Waals surface area (Å²) in [6.45, 7) is 4.46. The maximum absolute atomic E-state index is 12.5. The standard InChI is InChI=1S/C18H23NO2S2/c1-14-5-6-17(22-14)12-19-16-4-2-3-15(11-16)13-23(20)18-7-9-21-10-8-18/h2-6,11,18-19H,7-10,12-13H2,1H3/t23-/m0/s1. The number of ether oxygens (including phenoxy) is 1. The summed E-state index contributed by atoms with van der Waals surface area (Å²) in [5, 5.41) is 3.75. The van der Waals surface area contributed by atoms with Gasteiger partial charge >= 0.3 is 0 Å². The monoisotopic (exact) mass is 349 g/mol. The Labute approximate surface area is 144 Å². The van der Waals surface area contributed by atoms with E-state index in [2.05, 4.69) is 42.6 Å². The van der Waals surface area contributed by atoms with Gasteiger partial charge in [0.15, 0.2) is 0 Å². The molecule has 5 heteroatoms. The van der Waals surface area contributed by atoms with Crippen LogP contribution in [0, 0.1) is 6.92 Å². The van der Waals surface area contributed by atoms with Crippen LogP contribution in [-0.2, 0) is 27.8 Å². The Balaban J connectivity index is 1.57. The molecule has 1 N–H and O–H groups in total. The van der Waals surface area contributed by atoms with Gasteiger partial charge in [0.25, 0.3) is 0 Å². The summed E-state index contributed by atoms with van der Waals surface area (Å²) in [5.41, 5.74) is 2.24. The van der Waals surface area contributed by atoms with E-state index in [4.69, 9.17) is 4.74 Å². The van der Waals surface area contributed by atoms with E-state index in [1.165, 1.54) is 9.75 Å². The van der Waals surface area contributed by atoms with Gasteiger partial charge in [-0.05, 0) is 49.6 Å². The third kappa shape index (κ3) is 4.90. The average Bonchev–Trinajstić information content (AvgIpc) is 3.00. The van der Waals surface area contributed by atoms with Gasteiger partial charge in [0, 0.05) is 57.0 Å². The lowest BCUT2D eigenvalue weighted by atomic mass is 10.2. The number of rotatable bonds is 6. The lowest BCUT2D eigenvalue weighted by Crippen LogP contribution is -2.25. The minimum atomic E-state index is -0.808. The number of anilines is 1. The second kappa shape index (κ2) is 8.08. The van der Waals surface area contributed by atoms with Crippen molar-refractivity contribution < 1.29 is 8.95 Å². The van der Waals surface area contributed by atoms with E-state index in [9.17, 15) is 4.21 Å². The quantitative estimate of drug-likeness (QED) is 0.853. The van der Waals surface area contributed by atoms with Crippen LogP contribution in [0.4, 0.5) is 5.69 Å². The number of thiophene rings is 1. The van der Waals surface area contributed by atoms with E-state index in [-0.39, 0.29) is 5.25 Å². The molecular formula is C18H23NO2S2. The van der Waals surface area contributed by atoms with Crippen molar-refractivity contribution in [3.8, 4) is 0 Å². The molecule has 3 rings (SSSR count). The maximum atomic E-state index is 12.5. The van der Waals surface area contributed by atoms with Crippen LogP contribution in [-0.4, -0.2) is 22.7 Å². The first-order valence-electron chi connectivity index (χ1n) is 8.04. The molecule has 1 fully saturated rings.